The molecule has 0 bridgehead atoms. The Morgan fingerprint density at radius 2 is 1.83 bits per heavy atom. The van der Waals surface area contributed by atoms with Crippen molar-refractivity contribution in [3.05, 3.63) is 65.7 Å². The number of nitrogens with zero attached hydrogens (tertiary/aromatic N) is 2. The van der Waals surface area contributed by atoms with Crippen molar-refractivity contribution in [1.82, 2.24) is 9.80 Å². The number of aliphatic hydroxyl groups excluding tert-OH is 1. The van der Waals surface area contributed by atoms with Crippen molar-refractivity contribution in [3.8, 4) is 11.5 Å². The van der Waals surface area contributed by atoms with Crippen LogP contribution in [0.4, 0.5) is 0 Å². The summed E-state index contributed by atoms with van der Waals surface area (Å²) in [5, 5.41) is 21.8. The fraction of sp³-hybridized carbons (Fsp3) is 0.464. The number of hydrogen-bond donors (Lipinski definition) is 2. The Labute approximate surface area is 207 Å². The Hall–Kier alpha value is -2.87. The molecule has 4 rings (SSSR count). The Morgan fingerprint density at radius 1 is 1.09 bits per heavy atom. The van der Waals surface area contributed by atoms with Crippen LogP contribution in [0.1, 0.15) is 36.8 Å². The van der Waals surface area contributed by atoms with Crippen molar-refractivity contribution in [3.63, 3.8) is 0 Å². The largest absolute Gasteiger partial charge is 0.497 e. The monoisotopic (exact) mass is 480 g/mol. The van der Waals surface area contributed by atoms with E-state index >= 15 is 0 Å². The molecule has 2 fully saturated rings. The second kappa shape index (κ2) is 11.7. The Kier molecular flexibility index (Phi) is 8.44. The van der Waals surface area contributed by atoms with Crippen LogP contribution in [0.5, 0.6) is 11.5 Å². The topological polar surface area (TPSA) is 82.5 Å². The summed E-state index contributed by atoms with van der Waals surface area (Å²) >= 11 is 0. The third-order valence-corrected chi connectivity index (χ3v) is 6.93. The number of rotatable bonds is 9. The lowest BCUT2D eigenvalue weighted by Crippen LogP contribution is -2.46. The Morgan fingerprint density at radius 3 is 2.57 bits per heavy atom. The molecule has 35 heavy (non-hydrogen) atoms. The van der Waals surface area contributed by atoms with Crippen LogP contribution in [0, 0.1) is 0 Å². The first-order chi connectivity index (χ1) is 17.0. The summed E-state index contributed by atoms with van der Waals surface area (Å²) < 4.78 is 11.2. The summed E-state index contributed by atoms with van der Waals surface area (Å²) in [7, 11) is 1.62. The second-order valence-corrected chi connectivity index (χ2v) is 9.43. The zero-order chi connectivity index (χ0) is 24.7. The van der Waals surface area contributed by atoms with Gasteiger partial charge >= 0.3 is 0 Å². The van der Waals surface area contributed by atoms with Crippen LogP contribution in [0.2, 0.25) is 0 Å². The number of likely N-dealkylation sites (tertiary alicyclic amines) is 2. The quantitative estimate of drug-likeness (QED) is 0.537. The lowest BCUT2D eigenvalue weighted by molar-refractivity contribution is -0.124. The highest BCUT2D eigenvalue weighted by Gasteiger charge is 2.34. The molecule has 1 amide bonds. The Bertz CT molecular complexity index is 1010. The average molecular weight is 481 g/mol. The van der Waals surface area contributed by atoms with Gasteiger partial charge < -0.3 is 29.5 Å². The molecule has 2 saturated heterocycles. The van der Waals surface area contributed by atoms with Gasteiger partial charge in [-0.25, -0.2) is 0 Å². The molecule has 2 aromatic carbocycles. The van der Waals surface area contributed by atoms with E-state index in [1.807, 2.05) is 53.4 Å². The lowest BCUT2D eigenvalue weighted by Gasteiger charge is -2.39. The molecule has 0 saturated carbocycles. The molecule has 2 aliphatic rings. The van der Waals surface area contributed by atoms with E-state index < -0.39 is 11.7 Å². The lowest BCUT2D eigenvalue weighted by atomic mass is 9.84. The van der Waals surface area contributed by atoms with Crippen molar-refractivity contribution in [2.24, 2.45) is 0 Å². The highest BCUT2D eigenvalue weighted by molar-refractivity contribution is 5.92. The number of β-amino-alcohol motifs (C(OH)–C–C–N with tert-alkyl or cyclic N) is 1. The standard InChI is InChI=1S/C28H36N2O5/c1-34-25-9-6-8-23(19-25)28(33)13-17-29(18-14-28)20-24(31)21-35-26-10-3-2-7-22(26)11-12-27(32)30-15-4-5-16-30/h2-3,6-12,19,24,31,33H,4-5,13-18,20-21H2,1H3. The number of para-hydroxylation sites is 1. The maximum atomic E-state index is 12.3. The zero-order valence-electron chi connectivity index (χ0n) is 20.4. The molecule has 7 nitrogen and oxygen atoms in total. The van der Waals surface area contributed by atoms with Gasteiger partial charge in [0.2, 0.25) is 5.91 Å². The zero-order valence-corrected chi connectivity index (χ0v) is 20.4. The average Bonchev–Trinajstić information content (AvgIpc) is 3.43. The van der Waals surface area contributed by atoms with E-state index in [0.29, 0.717) is 38.2 Å². The first-order valence-corrected chi connectivity index (χ1v) is 12.4. The number of carbonyl (C=O) groups is 1. The predicted octanol–water partition coefficient (Wildman–Crippen LogP) is 3.05. The highest BCUT2D eigenvalue weighted by Crippen LogP contribution is 2.34. The van der Waals surface area contributed by atoms with Crippen molar-refractivity contribution in [2.75, 3.05) is 46.4 Å². The fourth-order valence-electron chi connectivity index (χ4n) is 4.80. The molecule has 2 aromatic rings. The van der Waals surface area contributed by atoms with Crippen LogP contribution in [0.25, 0.3) is 6.08 Å². The van der Waals surface area contributed by atoms with E-state index in [0.717, 1.165) is 42.8 Å². The van der Waals surface area contributed by atoms with Crippen molar-refractivity contribution >= 4 is 12.0 Å². The summed E-state index contributed by atoms with van der Waals surface area (Å²) in [6, 6.07) is 15.1. The van der Waals surface area contributed by atoms with Gasteiger partial charge in [-0.3, -0.25) is 4.79 Å². The van der Waals surface area contributed by atoms with Gasteiger partial charge in [0.05, 0.1) is 12.7 Å². The third-order valence-electron chi connectivity index (χ3n) is 6.93. The minimum absolute atomic E-state index is 0.0244. The van der Waals surface area contributed by atoms with Crippen LogP contribution >= 0.6 is 0 Å². The van der Waals surface area contributed by atoms with Gasteiger partial charge in [0, 0.05) is 44.4 Å². The predicted molar refractivity (Wildman–Crippen MR) is 135 cm³/mol. The van der Waals surface area contributed by atoms with Crippen molar-refractivity contribution in [2.45, 2.75) is 37.4 Å². The number of carbonyl (C=O) groups excluding carboxylic acids is 1. The van der Waals surface area contributed by atoms with Gasteiger partial charge in [-0.1, -0.05) is 30.3 Å². The van der Waals surface area contributed by atoms with Crippen molar-refractivity contribution < 1.29 is 24.5 Å². The summed E-state index contributed by atoms with van der Waals surface area (Å²) in [5.74, 6) is 1.40. The van der Waals surface area contributed by atoms with Gasteiger partial charge in [0.1, 0.15) is 24.2 Å². The summed E-state index contributed by atoms with van der Waals surface area (Å²) in [4.78, 5) is 16.3. The molecule has 0 spiro atoms. The number of benzene rings is 2. The Balaban J connectivity index is 1.26. The molecule has 7 heteroatoms. The third kappa shape index (κ3) is 6.63. The molecule has 1 unspecified atom stereocenters. The molecule has 0 radical (unpaired) electrons. The smallest absolute Gasteiger partial charge is 0.246 e. The van der Waals surface area contributed by atoms with Gasteiger partial charge in [-0.15, -0.1) is 0 Å². The van der Waals surface area contributed by atoms with Gasteiger partial charge in [-0.05, 0) is 55.5 Å². The van der Waals surface area contributed by atoms with Crippen LogP contribution in [0.15, 0.2) is 54.6 Å². The first kappa shape index (κ1) is 25.2. The number of amides is 1. The SMILES string of the molecule is COc1cccc(C2(O)CCN(CC(O)COc3ccccc3C=CC(=O)N3CCCC3)CC2)c1. The van der Waals surface area contributed by atoms with E-state index in [9.17, 15) is 15.0 Å². The number of ether oxygens (including phenoxy) is 2. The number of piperidine rings is 1. The van der Waals surface area contributed by atoms with E-state index in [1.54, 1.807) is 19.3 Å². The van der Waals surface area contributed by atoms with E-state index in [2.05, 4.69) is 4.90 Å². The second-order valence-electron chi connectivity index (χ2n) is 9.43. The summed E-state index contributed by atoms with van der Waals surface area (Å²) in [6.45, 7) is 3.63. The minimum Gasteiger partial charge on any atom is -0.497 e. The molecule has 2 aliphatic heterocycles. The summed E-state index contributed by atoms with van der Waals surface area (Å²) in [6.07, 6.45) is 6.02. The van der Waals surface area contributed by atoms with E-state index in [4.69, 9.17) is 9.47 Å². The van der Waals surface area contributed by atoms with E-state index in [-0.39, 0.29) is 12.5 Å². The fourth-order valence-corrected chi connectivity index (χ4v) is 4.80. The molecule has 188 valence electrons. The summed E-state index contributed by atoms with van der Waals surface area (Å²) in [5.41, 5.74) is 0.798. The van der Waals surface area contributed by atoms with Crippen LogP contribution in [-0.2, 0) is 10.4 Å². The van der Waals surface area contributed by atoms with Gasteiger partial charge in [0.15, 0.2) is 0 Å². The van der Waals surface area contributed by atoms with E-state index in [1.165, 1.54) is 0 Å². The minimum atomic E-state index is -0.885. The maximum Gasteiger partial charge on any atom is 0.246 e. The van der Waals surface area contributed by atoms with Crippen molar-refractivity contribution in [1.29, 1.82) is 0 Å². The molecule has 1 atom stereocenters. The molecular formula is C28H36N2O5. The highest BCUT2D eigenvalue weighted by atomic mass is 16.5. The van der Waals surface area contributed by atoms with Crippen LogP contribution in [-0.4, -0.2) is 78.5 Å². The molecule has 0 aliphatic carbocycles. The number of methoxy groups -OCH3 is 1. The molecular weight excluding hydrogens is 444 g/mol. The van der Waals surface area contributed by atoms with Gasteiger partial charge in [0.25, 0.3) is 0 Å². The van der Waals surface area contributed by atoms with Crippen LogP contribution in [0.3, 0.4) is 0 Å². The number of aliphatic hydroxyl groups is 2. The molecule has 2 heterocycles. The first-order valence-electron chi connectivity index (χ1n) is 12.4. The molecule has 0 aromatic heterocycles. The van der Waals surface area contributed by atoms with Gasteiger partial charge in [-0.2, -0.15) is 0 Å². The normalized spacial score (nSPS) is 19.1. The maximum absolute atomic E-state index is 12.3. The van der Waals surface area contributed by atoms with Crippen LogP contribution < -0.4 is 9.47 Å². The number of hydrogen-bond acceptors (Lipinski definition) is 6. The molecule has 2 N–H and O–H groups in total.